The van der Waals surface area contributed by atoms with E-state index in [9.17, 15) is 9.59 Å². The fourth-order valence-corrected chi connectivity index (χ4v) is 4.39. The van der Waals surface area contributed by atoms with Gasteiger partial charge in [-0.25, -0.2) is 0 Å². The van der Waals surface area contributed by atoms with Gasteiger partial charge in [-0.3, -0.25) is 9.59 Å². The molecule has 1 aromatic carbocycles. The summed E-state index contributed by atoms with van der Waals surface area (Å²) in [7, 11) is 0. The highest BCUT2D eigenvalue weighted by Gasteiger charge is 2.10. The smallest absolute Gasteiger partial charge is 0.248 e. The number of nitrogens with one attached hydrogen (secondary N) is 1. The van der Waals surface area contributed by atoms with Crippen molar-refractivity contribution in [2.45, 2.75) is 22.5 Å². The fourth-order valence-electron chi connectivity index (χ4n) is 1.59. The molecule has 9 heteroatoms. The van der Waals surface area contributed by atoms with Crippen molar-refractivity contribution in [3.63, 3.8) is 0 Å². The molecule has 1 heterocycles. The first-order chi connectivity index (χ1) is 11.4. The van der Waals surface area contributed by atoms with Crippen LogP contribution in [0.15, 0.2) is 32.9 Å². The number of carbonyl (C=O) groups excluding carboxylic acids is 2. The molecular weight excluding hydrogens is 364 g/mol. The van der Waals surface area contributed by atoms with Crippen LogP contribution in [0.5, 0.6) is 0 Å². The van der Waals surface area contributed by atoms with Crippen molar-refractivity contribution in [1.29, 1.82) is 0 Å². The summed E-state index contributed by atoms with van der Waals surface area (Å²) in [5, 5.41) is 11.0. The van der Waals surface area contributed by atoms with Gasteiger partial charge < -0.3 is 11.1 Å². The molecule has 0 aliphatic carbocycles. The number of primary amides is 1. The molecule has 0 aliphatic rings. The first-order valence-corrected chi connectivity index (χ1v) is 10.0. The first-order valence-electron chi connectivity index (χ1n) is 7.23. The van der Waals surface area contributed by atoms with E-state index in [0.717, 1.165) is 14.4 Å². The number of nitrogens with two attached hydrogens (primary N) is 1. The van der Waals surface area contributed by atoms with E-state index in [0.29, 0.717) is 17.2 Å². The Balaban J connectivity index is 1.79. The lowest BCUT2D eigenvalue weighted by Gasteiger charge is -2.04. The highest BCUT2D eigenvalue weighted by molar-refractivity contribution is 8.03. The lowest BCUT2D eigenvalue weighted by Crippen LogP contribution is -2.14. The van der Waals surface area contributed by atoms with E-state index < -0.39 is 5.91 Å². The Morgan fingerprint density at radius 3 is 2.38 bits per heavy atom. The van der Waals surface area contributed by atoms with Crippen LogP contribution in [-0.4, -0.2) is 33.5 Å². The van der Waals surface area contributed by atoms with Gasteiger partial charge in [0.25, 0.3) is 0 Å². The van der Waals surface area contributed by atoms with Crippen molar-refractivity contribution in [2.75, 3.05) is 16.8 Å². The zero-order chi connectivity index (χ0) is 17.5. The maximum Gasteiger partial charge on any atom is 0.248 e. The number of hydrogen-bond donors (Lipinski definition) is 2. The molecule has 3 N–H and O–H groups in total. The van der Waals surface area contributed by atoms with Gasteiger partial charge in [0.2, 0.25) is 11.8 Å². The number of rotatable bonds is 8. The molecule has 2 amide bonds. The van der Waals surface area contributed by atoms with Gasteiger partial charge in [0, 0.05) is 17.0 Å². The van der Waals surface area contributed by atoms with Crippen molar-refractivity contribution in [3.8, 4) is 0 Å². The van der Waals surface area contributed by atoms with Crippen molar-refractivity contribution in [2.24, 2.45) is 11.7 Å². The van der Waals surface area contributed by atoms with Gasteiger partial charge in [0.15, 0.2) is 8.68 Å². The summed E-state index contributed by atoms with van der Waals surface area (Å²) in [6, 6.07) is 6.45. The fraction of sp³-hybridized carbons (Fsp3) is 0.333. The zero-order valence-corrected chi connectivity index (χ0v) is 15.8. The summed E-state index contributed by atoms with van der Waals surface area (Å²) in [4.78, 5) is 23.0. The summed E-state index contributed by atoms with van der Waals surface area (Å²) in [5.41, 5.74) is 6.20. The Kier molecular flexibility index (Phi) is 7.07. The molecule has 0 radical (unpaired) electrons. The quantitative estimate of drug-likeness (QED) is 0.681. The normalized spacial score (nSPS) is 10.8. The summed E-state index contributed by atoms with van der Waals surface area (Å²) >= 11 is 4.54. The van der Waals surface area contributed by atoms with E-state index in [1.165, 1.54) is 23.1 Å². The molecule has 0 bridgehead atoms. The molecular formula is C15H18N4O2S3. The second kappa shape index (κ2) is 9.05. The van der Waals surface area contributed by atoms with E-state index in [2.05, 4.69) is 29.4 Å². The lowest BCUT2D eigenvalue weighted by molar-refractivity contribution is -0.113. The summed E-state index contributed by atoms with van der Waals surface area (Å²) in [6.07, 6.45) is 0. The van der Waals surface area contributed by atoms with E-state index in [-0.39, 0.29) is 11.7 Å². The highest BCUT2D eigenvalue weighted by atomic mass is 32.2. The van der Waals surface area contributed by atoms with Crippen LogP contribution in [0.3, 0.4) is 0 Å². The number of hydrogen-bond acceptors (Lipinski definition) is 7. The number of anilines is 1. The molecule has 0 saturated heterocycles. The van der Waals surface area contributed by atoms with Crippen LogP contribution in [0.1, 0.15) is 24.2 Å². The molecule has 0 aliphatic heterocycles. The van der Waals surface area contributed by atoms with Gasteiger partial charge in [-0.2, -0.15) is 0 Å². The predicted octanol–water partition coefficient (Wildman–Crippen LogP) is 3.12. The standard InChI is InChI=1S/C15H18N4O2S3/c1-9(2)7-22-14-18-19-15(24-14)23-8-12(20)17-11-5-3-10(4-6-11)13(16)21/h3-6,9H,7-8H2,1-2H3,(H2,16,21)(H,17,20). The van der Waals surface area contributed by atoms with Crippen LogP contribution in [0, 0.1) is 5.92 Å². The molecule has 0 unspecified atom stereocenters. The maximum atomic E-state index is 12.0. The first kappa shape index (κ1) is 18.8. The Hall–Kier alpha value is -1.58. The molecule has 128 valence electrons. The molecule has 24 heavy (non-hydrogen) atoms. The molecule has 2 aromatic rings. The average Bonchev–Trinajstić information content (AvgIpc) is 2.99. The summed E-state index contributed by atoms with van der Waals surface area (Å²) in [6.45, 7) is 4.31. The van der Waals surface area contributed by atoms with Gasteiger partial charge in [-0.15, -0.1) is 10.2 Å². The zero-order valence-electron chi connectivity index (χ0n) is 13.3. The van der Waals surface area contributed by atoms with Crippen LogP contribution in [0.2, 0.25) is 0 Å². The second-order valence-corrected chi connectivity index (χ2v) is 8.78. The van der Waals surface area contributed by atoms with Crippen molar-refractivity contribution in [3.05, 3.63) is 29.8 Å². The Bertz CT molecular complexity index is 701. The Morgan fingerprint density at radius 2 is 1.79 bits per heavy atom. The van der Waals surface area contributed by atoms with Gasteiger partial charge in [0.1, 0.15) is 0 Å². The topological polar surface area (TPSA) is 98.0 Å². The monoisotopic (exact) mass is 382 g/mol. The number of carbonyl (C=O) groups is 2. The van der Waals surface area contributed by atoms with Gasteiger partial charge >= 0.3 is 0 Å². The van der Waals surface area contributed by atoms with Crippen LogP contribution < -0.4 is 11.1 Å². The number of benzene rings is 1. The van der Waals surface area contributed by atoms with E-state index in [1.54, 1.807) is 36.0 Å². The minimum absolute atomic E-state index is 0.140. The van der Waals surface area contributed by atoms with Gasteiger partial charge in [-0.1, -0.05) is 48.7 Å². The maximum absolute atomic E-state index is 12.0. The third-order valence-electron chi connectivity index (χ3n) is 2.71. The minimum Gasteiger partial charge on any atom is -0.366 e. The molecule has 0 atom stereocenters. The van der Waals surface area contributed by atoms with Crippen LogP contribution in [-0.2, 0) is 4.79 Å². The van der Waals surface area contributed by atoms with E-state index in [1.807, 2.05) is 0 Å². The molecule has 1 aromatic heterocycles. The summed E-state index contributed by atoms with van der Waals surface area (Å²) in [5.74, 6) is 1.22. The minimum atomic E-state index is -0.495. The van der Waals surface area contributed by atoms with Crippen LogP contribution in [0.4, 0.5) is 5.69 Å². The van der Waals surface area contributed by atoms with E-state index >= 15 is 0 Å². The largest absolute Gasteiger partial charge is 0.366 e. The highest BCUT2D eigenvalue weighted by Crippen LogP contribution is 2.29. The van der Waals surface area contributed by atoms with Crippen molar-refractivity contribution >= 4 is 52.4 Å². The number of amides is 2. The van der Waals surface area contributed by atoms with Crippen molar-refractivity contribution < 1.29 is 9.59 Å². The van der Waals surface area contributed by atoms with Gasteiger partial charge in [0.05, 0.1) is 5.75 Å². The third kappa shape index (κ3) is 6.14. The number of thioether (sulfide) groups is 2. The Morgan fingerprint density at radius 1 is 1.17 bits per heavy atom. The van der Waals surface area contributed by atoms with E-state index in [4.69, 9.17) is 5.73 Å². The molecule has 0 saturated carbocycles. The summed E-state index contributed by atoms with van der Waals surface area (Å²) < 4.78 is 1.70. The molecule has 0 fully saturated rings. The molecule has 0 spiro atoms. The number of nitrogens with zero attached hydrogens (tertiary/aromatic N) is 2. The Labute approximate surface area is 153 Å². The molecule has 6 nitrogen and oxygen atoms in total. The lowest BCUT2D eigenvalue weighted by atomic mass is 10.2. The molecule has 2 rings (SSSR count). The van der Waals surface area contributed by atoms with Crippen LogP contribution in [0.25, 0.3) is 0 Å². The van der Waals surface area contributed by atoms with Crippen molar-refractivity contribution in [1.82, 2.24) is 10.2 Å². The number of aromatic nitrogens is 2. The predicted molar refractivity (Wildman–Crippen MR) is 99.8 cm³/mol. The average molecular weight is 383 g/mol. The van der Waals surface area contributed by atoms with Gasteiger partial charge in [-0.05, 0) is 30.2 Å². The third-order valence-corrected chi connectivity index (χ3v) is 6.32. The van der Waals surface area contributed by atoms with Crippen LogP contribution >= 0.6 is 34.9 Å². The second-order valence-electron chi connectivity index (χ2n) is 5.32. The SMILES string of the molecule is CC(C)CSc1nnc(SCC(=O)Nc2ccc(C(N)=O)cc2)s1.